The van der Waals surface area contributed by atoms with Crippen molar-refractivity contribution in [2.75, 3.05) is 46.2 Å². The lowest BCUT2D eigenvalue weighted by atomic mass is 10.1. The summed E-state index contributed by atoms with van der Waals surface area (Å²) < 4.78 is 55.0. The first-order chi connectivity index (χ1) is 20.8. The van der Waals surface area contributed by atoms with Crippen LogP contribution in [-0.2, 0) is 66.5 Å². The number of ether oxygens (including phenoxy) is 10. The molecule has 16 heteroatoms. The molecular weight excluding hydrogens is 580 g/mol. The molecule has 6 saturated heterocycles. The number of fused-ring (bicyclic) bond motifs is 3. The lowest BCUT2D eigenvalue weighted by molar-refractivity contribution is -0.161. The highest BCUT2D eigenvalue weighted by molar-refractivity contribution is 5.84. The van der Waals surface area contributed by atoms with Crippen molar-refractivity contribution in [3.05, 3.63) is 0 Å². The first kappa shape index (κ1) is 30.7. The van der Waals surface area contributed by atoms with Crippen LogP contribution in [-0.4, -0.2) is 153 Å². The van der Waals surface area contributed by atoms with Crippen LogP contribution < -0.4 is 0 Å². The lowest BCUT2D eigenvalue weighted by Crippen LogP contribution is -2.36. The van der Waals surface area contributed by atoms with Crippen LogP contribution in [0.4, 0.5) is 0 Å². The van der Waals surface area contributed by atoms with Crippen LogP contribution in [0.3, 0.4) is 0 Å². The Labute approximate surface area is 246 Å². The third-order valence-corrected chi connectivity index (χ3v) is 8.37. The molecule has 43 heavy (non-hydrogen) atoms. The van der Waals surface area contributed by atoms with Crippen molar-refractivity contribution >= 4 is 23.7 Å². The molecule has 2 N–H and O–H groups in total. The number of Topliss-reactive ketones (excluding diaryl/α,β-unsaturated/α-hetero) is 1. The largest absolute Gasteiger partial charge is 0.457 e. The van der Waals surface area contributed by atoms with E-state index in [2.05, 4.69) is 0 Å². The maximum atomic E-state index is 12.4. The van der Waals surface area contributed by atoms with Gasteiger partial charge in [0.25, 0.3) is 0 Å². The van der Waals surface area contributed by atoms with Gasteiger partial charge in [-0.1, -0.05) is 0 Å². The Bertz CT molecular complexity index is 1050. The second kappa shape index (κ2) is 13.4. The molecule has 0 bridgehead atoms. The number of hydrogen-bond acceptors (Lipinski definition) is 16. The minimum Gasteiger partial charge on any atom is -0.457 e. The summed E-state index contributed by atoms with van der Waals surface area (Å²) in [6, 6.07) is 0. The lowest BCUT2D eigenvalue weighted by Gasteiger charge is -2.18. The normalized spacial score (nSPS) is 41.1. The Morgan fingerprint density at radius 2 is 0.837 bits per heavy atom. The van der Waals surface area contributed by atoms with Gasteiger partial charge in [0.05, 0.1) is 58.9 Å². The second-order valence-corrected chi connectivity index (χ2v) is 11.4. The zero-order valence-corrected chi connectivity index (χ0v) is 23.3. The molecule has 6 heterocycles. The first-order valence-electron chi connectivity index (χ1n) is 14.5. The molecule has 6 aliphatic rings. The van der Waals surface area contributed by atoms with E-state index in [1.807, 2.05) is 0 Å². The monoisotopic (exact) mass is 616 g/mol. The fourth-order valence-corrected chi connectivity index (χ4v) is 6.16. The van der Waals surface area contributed by atoms with E-state index in [0.29, 0.717) is 0 Å². The number of rotatable bonds is 12. The van der Waals surface area contributed by atoms with Gasteiger partial charge in [-0.05, 0) is 0 Å². The van der Waals surface area contributed by atoms with E-state index in [0.717, 1.165) is 0 Å². The third kappa shape index (κ3) is 6.87. The quantitative estimate of drug-likeness (QED) is 0.170. The standard InChI is InChI=1S/C27H36O16/c28-12(5-34-15-8-37-22-13(29)6-35-24(15)22)1-2-19(31)42-17-10-39-27-18(11-40-26(17)27)43-21(33)4-3-20(32)41-16-9-38-23-14(30)7-36-25(16)23/h13-18,22-27,29-30H,1-11H2. The number of esters is 3. The van der Waals surface area contributed by atoms with Gasteiger partial charge in [0.1, 0.15) is 61.5 Å². The molecule has 12 unspecified atom stereocenters. The predicted molar refractivity (Wildman–Crippen MR) is 133 cm³/mol. The summed E-state index contributed by atoms with van der Waals surface area (Å²) in [5, 5.41) is 19.6. The molecule has 240 valence electrons. The van der Waals surface area contributed by atoms with E-state index in [4.69, 9.17) is 47.4 Å². The fraction of sp³-hybridized carbons (Fsp3) is 0.852. The van der Waals surface area contributed by atoms with Crippen LogP contribution >= 0.6 is 0 Å². The molecule has 0 aromatic rings. The number of aliphatic hydroxyl groups excluding tert-OH is 2. The molecule has 16 nitrogen and oxygen atoms in total. The summed E-state index contributed by atoms with van der Waals surface area (Å²) in [7, 11) is 0. The van der Waals surface area contributed by atoms with E-state index in [-0.39, 0.29) is 77.7 Å². The Morgan fingerprint density at radius 3 is 1.33 bits per heavy atom. The molecule has 6 aliphatic heterocycles. The molecular formula is C27H36O16. The molecule has 6 rings (SSSR count). The van der Waals surface area contributed by atoms with Gasteiger partial charge in [0.2, 0.25) is 0 Å². The highest BCUT2D eigenvalue weighted by atomic mass is 16.7. The smallest absolute Gasteiger partial charge is 0.306 e. The number of carbonyl (C=O) groups is 4. The zero-order valence-electron chi connectivity index (χ0n) is 23.3. The molecule has 0 aliphatic carbocycles. The summed E-state index contributed by atoms with van der Waals surface area (Å²) >= 11 is 0. The van der Waals surface area contributed by atoms with Gasteiger partial charge in [-0.3, -0.25) is 19.2 Å². The van der Waals surface area contributed by atoms with Gasteiger partial charge in [0.15, 0.2) is 24.1 Å². The molecule has 0 radical (unpaired) electrons. The summed E-state index contributed by atoms with van der Waals surface area (Å²) in [5.41, 5.74) is 0. The van der Waals surface area contributed by atoms with Crippen molar-refractivity contribution in [2.24, 2.45) is 0 Å². The minimum absolute atomic E-state index is 0.0328. The fourth-order valence-electron chi connectivity index (χ4n) is 6.16. The molecule has 0 saturated carbocycles. The first-order valence-corrected chi connectivity index (χ1v) is 14.5. The van der Waals surface area contributed by atoms with Crippen molar-refractivity contribution < 1.29 is 76.8 Å². The van der Waals surface area contributed by atoms with E-state index >= 15 is 0 Å². The maximum Gasteiger partial charge on any atom is 0.306 e. The van der Waals surface area contributed by atoms with Crippen LogP contribution in [0.1, 0.15) is 25.7 Å². The Balaban J connectivity index is 0.853. The summed E-state index contributed by atoms with van der Waals surface area (Å²) in [4.78, 5) is 49.3. The Morgan fingerprint density at radius 1 is 0.488 bits per heavy atom. The van der Waals surface area contributed by atoms with Gasteiger partial charge < -0.3 is 57.6 Å². The molecule has 0 aromatic heterocycles. The van der Waals surface area contributed by atoms with E-state index in [1.54, 1.807) is 0 Å². The topological polar surface area (TPSA) is 201 Å². The molecule has 0 spiro atoms. The molecule has 12 atom stereocenters. The van der Waals surface area contributed by atoms with Crippen LogP contribution in [0.25, 0.3) is 0 Å². The van der Waals surface area contributed by atoms with Crippen molar-refractivity contribution in [1.29, 1.82) is 0 Å². The number of carbonyl (C=O) groups excluding carboxylic acids is 4. The van der Waals surface area contributed by atoms with E-state index in [9.17, 15) is 29.4 Å². The zero-order chi connectivity index (χ0) is 30.1. The summed E-state index contributed by atoms with van der Waals surface area (Å²) in [6.45, 7) is 0.449. The van der Waals surface area contributed by atoms with Crippen molar-refractivity contribution in [3.63, 3.8) is 0 Å². The van der Waals surface area contributed by atoms with Crippen LogP contribution in [0.15, 0.2) is 0 Å². The SMILES string of the molecule is O=C(CCC(=O)OC1COC2C(OC(=O)CCC(=O)OC3COC4C(O)COC34)COC12)COC1COC2C(O)COC12. The molecule has 0 aromatic carbocycles. The van der Waals surface area contributed by atoms with Gasteiger partial charge in [-0.25, -0.2) is 0 Å². The summed E-state index contributed by atoms with van der Waals surface area (Å²) in [6.07, 6.45) is -7.94. The van der Waals surface area contributed by atoms with Crippen molar-refractivity contribution in [3.8, 4) is 0 Å². The van der Waals surface area contributed by atoms with Crippen molar-refractivity contribution in [2.45, 2.75) is 98.9 Å². The average molecular weight is 617 g/mol. The minimum atomic E-state index is -0.762. The Hall–Kier alpha value is -2.28. The molecule has 0 amide bonds. The van der Waals surface area contributed by atoms with Crippen LogP contribution in [0.2, 0.25) is 0 Å². The van der Waals surface area contributed by atoms with Crippen molar-refractivity contribution in [1.82, 2.24) is 0 Å². The van der Waals surface area contributed by atoms with Crippen LogP contribution in [0, 0.1) is 0 Å². The van der Waals surface area contributed by atoms with Gasteiger partial charge in [0, 0.05) is 6.42 Å². The van der Waals surface area contributed by atoms with Crippen LogP contribution in [0.5, 0.6) is 0 Å². The second-order valence-electron chi connectivity index (χ2n) is 11.4. The van der Waals surface area contributed by atoms with E-state index in [1.165, 1.54) is 0 Å². The number of aliphatic hydroxyl groups is 2. The number of ketones is 1. The molecule has 6 fully saturated rings. The summed E-state index contributed by atoms with van der Waals surface area (Å²) in [5.74, 6) is -2.15. The maximum absolute atomic E-state index is 12.4. The average Bonchev–Trinajstić information content (AvgIpc) is 3.82. The third-order valence-electron chi connectivity index (χ3n) is 8.37. The Kier molecular flexibility index (Phi) is 9.56. The highest BCUT2D eigenvalue weighted by Crippen LogP contribution is 2.32. The van der Waals surface area contributed by atoms with Gasteiger partial charge in [-0.15, -0.1) is 0 Å². The number of hydrogen-bond donors (Lipinski definition) is 2. The van der Waals surface area contributed by atoms with Gasteiger partial charge >= 0.3 is 17.9 Å². The van der Waals surface area contributed by atoms with Gasteiger partial charge in [-0.2, -0.15) is 0 Å². The van der Waals surface area contributed by atoms with E-state index < -0.39 is 91.2 Å². The predicted octanol–water partition coefficient (Wildman–Crippen LogP) is -2.65. The highest BCUT2D eigenvalue weighted by Gasteiger charge is 2.52.